The molecule has 2 heterocycles. The van der Waals surface area contributed by atoms with Crippen molar-refractivity contribution in [3.63, 3.8) is 0 Å². The summed E-state index contributed by atoms with van der Waals surface area (Å²) in [6, 6.07) is 12.4. The summed E-state index contributed by atoms with van der Waals surface area (Å²) in [6.45, 7) is 4.51. The fourth-order valence-corrected chi connectivity index (χ4v) is 3.97. The summed E-state index contributed by atoms with van der Waals surface area (Å²) in [6.07, 6.45) is 1.44. The van der Waals surface area contributed by atoms with Crippen LogP contribution in [-0.4, -0.2) is 74.7 Å². The summed E-state index contributed by atoms with van der Waals surface area (Å²) in [5.74, 6) is 2.37. The predicted molar refractivity (Wildman–Crippen MR) is 129 cm³/mol. The van der Waals surface area contributed by atoms with Gasteiger partial charge in [-0.15, -0.1) is 0 Å². The molecule has 1 aliphatic heterocycles. The van der Waals surface area contributed by atoms with E-state index in [4.69, 9.17) is 18.9 Å². The molecule has 9 nitrogen and oxygen atoms in total. The number of hydrogen-bond acceptors (Lipinski definition) is 7. The molecule has 0 radical (unpaired) electrons. The number of hydrogen-bond donors (Lipinski definition) is 1. The first-order chi connectivity index (χ1) is 16.6. The van der Waals surface area contributed by atoms with Gasteiger partial charge in [-0.3, -0.25) is 14.8 Å². The minimum Gasteiger partial charge on any atom is -0.493 e. The quantitative estimate of drug-likeness (QED) is 0.499. The van der Waals surface area contributed by atoms with Crippen molar-refractivity contribution in [2.24, 2.45) is 0 Å². The van der Waals surface area contributed by atoms with Crippen LogP contribution in [-0.2, 0) is 4.74 Å². The van der Waals surface area contributed by atoms with Gasteiger partial charge < -0.3 is 24.1 Å². The molecule has 0 atom stereocenters. The van der Waals surface area contributed by atoms with Crippen LogP contribution in [0.3, 0.4) is 0 Å². The molecule has 1 fully saturated rings. The van der Waals surface area contributed by atoms with E-state index in [-0.39, 0.29) is 0 Å². The standard InChI is InChI=1S/C25H29N3O6/c1-31-23-16-20-21(17-24(23)32-2)26-9-8-22(20)34-19-6-4-18(5-7-19)28(25(29)30)11-3-10-27-12-14-33-15-13-27/h4-9,16-17H,3,10-15H2,1-2H3,(H,29,30). The third kappa shape index (κ3) is 5.49. The van der Waals surface area contributed by atoms with E-state index in [2.05, 4.69) is 9.88 Å². The number of nitrogens with zero attached hydrogens (tertiary/aromatic N) is 3. The van der Waals surface area contributed by atoms with Crippen LogP contribution in [0.5, 0.6) is 23.0 Å². The van der Waals surface area contributed by atoms with Crippen molar-refractivity contribution in [2.75, 3.05) is 58.5 Å². The van der Waals surface area contributed by atoms with Gasteiger partial charge in [-0.25, -0.2) is 4.79 Å². The zero-order valence-electron chi connectivity index (χ0n) is 19.4. The van der Waals surface area contributed by atoms with Gasteiger partial charge >= 0.3 is 6.09 Å². The average Bonchev–Trinajstić information content (AvgIpc) is 2.87. The molecule has 180 valence electrons. The van der Waals surface area contributed by atoms with E-state index in [9.17, 15) is 9.90 Å². The molecule has 2 aromatic carbocycles. The summed E-state index contributed by atoms with van der Waals surface area (Å²) in [4.78, 5) is 19.9. The number of amides is 1. The van der Waals surface area contributed by atoms with Gasteiger partial charge in [0, 0.05) is 49.5 Å². The fraction of sp³-hybridized carbons (Fsp3) is 0.360. The third-order valence-corrected chi connectivity index (χ3v) is 5.77. The first-order valence-corrected chi connectivity index (χ1v) is 11.2. The highest BCUT2D eigenvalue weighted by Gasteiger charge is 2.17. The van der Waals surface area contributed by atoms with Crippen molar-refractivity contribution in [3.8, 4) is 23.0 Å². The maximum atomic E-state index is 11.8. The highest BCUT2D eigenvalue weighted by Crippen LogP contribution is 2.37. The summed E-state index contributed by atoms with van der Waals surface area (Å²) in [5.41, 5.74) is 1.32. The summed E-state index contributed by atoms with van der Waals surface area (Å²) >= 11 is 0. The van der Waals surface area contributed by atoms with Crippen LogP contribution in [0.4, 0.5) is 10.5 Å². The minimum atomic E-state index is -0.975. The number of methoxy groups -OCH3 is 2. The number of pyridine rings is 1. The SMILES string of the molecule is COc1cc2nccc(Oc3ccc(N(CCCN4CCOCC4)C(=O)O)cc3)c2cc1OC. The van der Waals surface area contributed by atoms with E-state index in [1.54, 1.807) is 56.8 Å². The highest BCUT2D eigenvalue weighted by molar-refractivity contribution is 5.88. The van der Waals surface area contributed by atoms with Crippen LogP contribution < -0.4 is 19.1 Å². The molecule has 34 heavy (non-hydrogen) atoms. The number of fused-ring (bicyclic) bond motifs is 1. The lowest BCUT2D eigenvalue weighted by Gasteiger charge is -2.27. The summed E-state index contributed by atoms with van der Waals surface area (Å²) in [5, 5.41) is 10.5. The van der Waals surface area contributed by atoms with Crippen molar-refractivity contribution in [2.45, 2.75) is 6.42 Å². The number of carbonyl (C=O) groups is 1. The van der Waals surface area contributed by atoms with Gasteiger partial charge in [0.1, 0.15) is 11.5 Å². The zero-order chi connectivity index (χ0) is 23.9. The molecule has 0 unspecified atom stereocenters. The largest absolute Gasteiger partial charge is 0.493 e. The topological polar surface area (TPSA) is 93.6 Å². The van der Waals surface area contributed by atoms with Gasteiger partial charge in [-0.05, 0) is 42.8 Å². The van der Waals surface area contributed by atoms with E-state index in [1.807, 2.05) is 6.07 Å². The van der Waals surface area contributed by atoms with Gasteiger partial charge in [-0.1, -0.05) is 0 Å². The van der Waals surface area contributed by atoms with Gasteiger partial charge in [0.2, 0.25) is 0 Å². The highest BCUT2D eigenvalue weighted by atomic mass is 16.5. The number of anilines is 1. The molecule has 4 rings (SSSR count). The maximum Gasteiger partial charge on any atom is 0.411 e. The number of aromatic nitrogens is 1. The monoisotopic (exact) mass is 467 g/mol. The second kappa shape index (κ2) is 11.0. The summed E-state index contributed by atoms with van der Waals surface area (Å²) < 4.78 is 22.2. The molecule has 0 spiro atoms. The van der Waals surface area contributed by atoms with Crippen LogP contribution in [0.2, 0.25) is 0 Å². The molecule has 0 bridgehead atoms. The van der Waals surface area contributed by atoms with Crippen LogP contribution >= 0.6 is 0 Å². The first kappa shape index (κ1) is 23.6. The van der Waals surface area contributed by atoms with Crippen LogP contribution in [0.25, 0.3) is 10.9 Å². The van der Waals surface area contributed by atoms with E-state index >= 15 is 0 Å². The van der Waals surface area contributed by atoms with E-state index in [1.165, 1.54) is 4.90 Å². The van der Waals surface area contributed by atoms with E-state index in [0.717, 1.165) is 44.7 Å². The van der Waals surface area contributed by atoms with Crippen LogP contribution in [0.1, 0.15) is 6.42 Å². The Labute approximate surface area is 198 Å². The van der Waals surface area contributed by atoms with Crippen molar-refractivity contribution >= 4 is 22.7 Å². The second-order valence-electron chi connectivity index (χ2n) is 7.87. The smallest absolute Gasteiger partial charge is 0.411 e. The number of rotatable bonds is 9. The van der Waals surface area contributed by atoms with E-state index in [0.29, 0.717) is 40.7 Å². The Balaban J connectivity index is 1.46. The van der Waals surface area contributed by atoms with Crippen LogP contribution in [0.15, 0.2) is 48.7 Å². The van der Waals surface area contributed by atoms with Gasteiger partial charge in [0.05, 0.1) is 33.0 Å². The predicted octanol–water partition coefficient (Wildman–Crippen LogP) is 4.25. The lowest BCUT2D eigenvalue weighted by molar-refractivity contribution is 0.0376. The number of morpholine rings is 1. The van der Waals surface area contributed by atoms with Crippen molar-refractivity contribution in [3.05, 3.63) is 48.7 Å². The Kier molecular flexibility index (Phi) is 7.66. The molecule has 1 saturated heterocycles. The molecule has 1 aliphatic rings. The Morgan fingerprint density at radius 3 is 2.44 bits per heavy atom. The Bertz CT molecular complexity index is 1120. The number of benzene rings is 2. The van der Waals surface area contributed by atoms with Gasteiger partial charge in [0.25, 0.3) is 0 Å². The molecule has 0 saturated carbocycles. The van der Waals surface area contributed by atoms with Crippen molar-refractivity contribution < 1.29 is 28.8 Å². The maximum absolute atomic E-state index is 11.8. The number of carboxylic acid groups (broad SMARTS) is 1. The molecule has 0 aliphatic carbocycles. The Morgan fingerprint density at radius 2 is 1.76 bits per heavy atom. The fourth-order valence-electron chi connectivity index (χ4n) is 3.97. The molecular weight excluding hydrogens is 438 g/mol. The third-order valence-electron chi connectivity index (χ3n) is 5.77. The molecule has 1 amide bonds. The first-order valence-electron chi connectivity index (χ1n) is 11.2. The van der Waals surface area contributed by atoms with Gasteiger partial charge in [-0.2, -0.15) is 0 Å². The second-order valence-corrected chi connectivity index (χ2v) is 7.87. The Morgan fingerprint density at radius 1 is 1.06 bits per heavy atom. The molecule has 3 aromatic rings. The molecule has 9 heteroatoms. The van der Waals surface area contributed by atoms with Crippen LogP contribution in [0, 0.1) is 0 Å². The number of ether oxygens (including phenoxy) is 4. The van der Waals surface area contributed by atoms with Crippen molar-refractivity contribution in [1.82, 2.24) is 9.88 Å². The average molecular weight is 468 g/mol. The molecule has 1 aromatic heterocycles. The van der Waals surface area contributed by atoms with E-state index < -0.39 is 6.09 Å². The molecule has 1 N–H and O–H groups in total. The summed E-state index contributed by atoms with van der Waals surface area (Å²) in [7, 11) is 3.16. The van der Waals surface area contributed by atoms with Crippen molar-refractivity contribution in [1.29, 1.82) is 0 Å². The normalized spacial score (nSPS) is 14.1. The zero-order valence-corrected chi connectivity index (χ0v) is 19.4. The lowest BCUT2D eigenvalue weighted by Crippen LogP contribution is -2.39. The lowest BCUT2D eigenvalue weighted by atomic mass is 10.2. The molecular formula is C25H29N3O6. The Hall–Kier alpha value is -3.56. The minimum absolute atomic E-state index is 0.420. The van der Waals surface area contributed by atoms with Gasteiger partial charge in [0.15, 0.2) is 11.5 Å².